The highest BCUT2D eigenvalue weighted by Crippen LogP contribution is 2.23. The summed E-state index contributed by atoms with van der Waals surface area (Å²) in [5.74, 6) is 1.91. The van der Waals surface area contributed by atoms with Crippen molar-refractivity contribution in [3.05, 3.63) is 48.2 Å². The van der Waals surface area contributed by atoms with Gasteiger partial charge in [0, 0.05) is 6.20 Å². The van der Waals surface area contributed by atoms with E-state index in [-0.39, 0.29) is 0 Å². The monoisotopic (exact) mass is 266 g/mol. The second-order valence-corrected chi connectivity index (χ2v) is 5.47. The van der Waals surface area contributed by atoms with Crippen LogP contribution in [0.1, 0.15) is 32.3 Å². The fourth-order valence-corrected chi connectivity index (χ4v) is 2.22. The van der Waals surface area contributed by atoms with Crippen LogP contribution in [0, 0.1) is 5.92 Å². The molecule has 3 rings (SSSR count). The van der Waals surface area contributed by atoms with Crippen LogP contribution in [0.15, 0.2) is 42.6 Å². The van der Waals surface area contributed by atoms with E-state index in [2.05, 4.69) is 42.1 Å². The molecule has 102 valence electrons. The first-order valence-corrected chi connectivity index (χ1v) is 6.93. The quantitative estimate of drug-likeness (QED) is 0.727. The lowest BCUT2D eigenvalue weighted by Crippen LogP contribution is -2.05. The number of rotatable bonds is 3. The molecule has 2 aromatic heterocycles. The number of pyridine rings is 1. The Morgan fingerprint density at radius 1 is 1.00 bits per heavy atom. The summed E-state index contributed by atoms with van der Waals surface area (Å²) in [4.78, 5) is 4.54. The van der Waals surface area contributed by atoms with Crippen LogP contribution in [0.2, 0.25) is 0 Å². The number of hydrogen-bond donors (Lipinski definition) is 0. The molecule has 0 saturated carbocycles. The highest BCUT2D eigenvalue weighted by molar-refractivity contribution is 5.75. The summed E-state index contributed by atoms with van der Waals surface area (Å²) in [6, 6.07) is 12.0. The molecule has 0 radical (unpaired) electrons. The van der Waals surface area contributed by atoms with E-state index in [1.165, 1.54) is 5.56 Å². The Morgan fingerprint density at radius 3 is 2.50 bits per heavy atom. The molecule has 0 bridgehead atoms. The van der Waals surface area contributed by atoms with E-state index in [4.69, 9.17) is 0 Å². The van der Waals surface area contributed by atoms with Gasteiger partial charge < -0.3 is 0 Å². The molecule has 0 amide bonds. The second-order valence-electron chi connectivity index (χ2n) is 5.47. The zero-order valence-electron chi connectivity index (χ0n) is 12.0. The first-order chi connectivity index (χ1) is 9.66. The third kappa shape index (κ3) is 2.18. The van der Waals surface area contributed by atoms with Crippen LogP contribution in [-0.4, -0.2) is 20.0 Å². The molecular formula is C16H18N4. The molecule has 4 nitrogen and oxygen atoms in total. The van der Waals surface area contributed by atoms with E-state index in [1.807, 2.05) is 36.5 Å². The molecule has 0 aliphatic carbocycles. The molecule has 0 saturated heterocycles. The number of benzene rings is 1. The smallest absolute Gasteiger partial charge is 0.155 e. The number of aromatic nitrogens is 4. The van der Waals surface area contributed by atoms with Crippen molar-refractivity contribution in [3.8, 4) is 5.82 Å². The predicted octanol–water partition coefficient (Wildman–Crippen LogP) is 3.58. The van der Waals surface area contributed by atoms with Crippen LogP contribution in [0.3, 0.4) is 0 Å². The lowest BCUT2D eigenvalue weighted by Gasteiger charge is -2.15. The van der Waals surface area contributed by atoms with E-state index in [9.17, 15) is 0 Å². The van der Waals surface area contributed by atoms with Gasteiger partial charge in [-0.25, -0.2) is 4.98 Å². The molecule has 0 fully saturated rings. The van der Waals surface area contributed by atoms with Crippen LogP contribution in [0.25, 0.3) is 16.9 Å². The van der Waals surface area contributed by atoms with E-state index in [0.29, 0.717) is 11.8 Å². The molecule has 1 aromatic carbocycles. The molecule has 0 aliphatic heterocycles. The lowest BCUT2D eigenvalue weighted by atomic mass is 9.92. The molecule has 1 unspecified atom stereocenters. The van der Waals surface area contributed by atoms with E-state index in [0.717, 1.165) is 16.9 Å². The molecule has 0 aliphatic rings. The van der Waals surface area contributed by atoms with Crippen LogP contribution < -0.4 is 0 Å². The molecule has 4 heteroatoms. The number of fused-ring (bicyclic) bond motifs is 1. The van der Waals surface area contributed by atoms with Crippen LogP contribution >= 0.6 is 0 Å². The number of hydrogen-bond acceptors (Lipinski definition) is 3. The third-order valence-corrected chi connectivity index (χ3v) is 3.87. The Balaban J connectivity index is 1.99. The summed E-state index contributed by atoms with van der Waals surface area (Å²) >= 11 is 0. The van der Waals surface area contributed by atoms with E-state index < -0.39 is 0 Å². The van der Waals surface area contributed by atoms with Crippen molar-refractivity contribution in [2.75, 3.05) is 0 Å². The van der Waals surface area contributed by atoms with Gasteiger partial charge in [0.15, 0.2) is 5.82 Å². The molecule has 0 N–H and O–H groups in total. The van der Waals surface area contributed by atoms with Gasteiger partial charge >= 0.3 is 0 Å². The van der Waals surface area contributed by atoms with Crippen molar-refractivity contribution >= 4 is 11.0 Å². The maximum atomic E-state index is 4.54. The predicted molar refractivity (Wildman–Crippen MR) is 79.9 cm³/mol. The van der Waals surface area contributed by atoms with Crippen molar-refractivity contribution in [3.63, 3.8) is 0 Å². The maximum Gasteiger partial charge on any atom is 0.155 e. The Bertz CT molecular complexity index is 713. The zero-order chi connectivity index (χ0) is 14.1. The average molecular weight is 266 g/mol. The van der Waals surface area contributed by atoms with Gasteiger partial charge in [0.2, 0.25) is 0 Å². The normalized spacial score (nSPS) is 13.0. The lowest BCUT2D eigenvalue weighted by molar-refractivity contribution is 0.533. The Hall–Kier alpha value is -2.23. The van der Waals surface area contributed by atoms with Gasteiger partial charge in [0.25, 0.3) is 0 Å². The Morgan fingerprint density at radius 2 is 1.80 bits per heavy atom. The standard InChI is InChI=1S/C16H18N4/c1-11(2)12(3)13-8-9-16(17-10-13)20-15-7-5-4-6-14(15)18-19-20/h4-12H,1-3H3. The summed E-state index contributed by atoms with van der Waals surface area (Å²) in [5, 5.41) is 8.33. The third-order valence-electron chi connectivity index (χ3n) is 3.87. The topological polar surface area (TPSA) is 43.6 Å². The minimum atomic E-state index is 0.504. The molecule has 3 aromatic rings. The molecule has 20 heavy (non-hydrogen) atoms. The Kier molecular flexibility index (Phi) is 3.22. The fourth-order valence-electron chi connectivity index (χ4n) is 2.22. The van der Waals surface area contributed by atoms with Gasteiger partial charge in [-0.1, -0.05) is 44.2 Å². The van der Waals surface area contributed by atoms with Crippen LogP contribution in [-0.2, 0) is 0 Å². The van der Waals surface area contributed by atoms with Crippen molar-refractivity contribution in [1.82, 2.24) is 20.0 Å². The second kappa shape index (κ2) is 5.04. The summed E-state index contributed by atoms with van der Waals surface area (Å²) in [6.07, 6.45) is 1.94. The summed E-state index contributed by atoms with van der Waals surface area (Å²) in [5.41, 5.74) is 3.12. The summed E-state index contributed by atoms with van der Waals surface area (Å²) in [6.45, 7) is 6.68. The van der Waals surface area contributed by atoms with Gasteiger partial charge in [-0.15, -0.1) is 5.10 Å². The first-order valence-electron chi connectivity index (χ1n) is 6.93. The van der Waals surface area contributed by atoms with Gasteiger partial charge in [-0.3, -0.25) is 0 Å². The van der Waals surface area contributed by atoms with Gasteiger partial charge in [0.05, 0.1) is 5.52 Å². The number of para-hydroxylation sites is 1. The fraction of sp³-hybridized carbons (Fsp3) is 0.312. The maximum absolute atomic E-state index is 4.54. The van der Waals surface area contributed by atoms with Crippen molar-refractivity contribution < 1.29 is 0 Å². The minimum absolute atomic E-state index is 0.504. The molecule has 0 spiro atoms. The van der Waals surface area contributed by atoms with Gasteiger partial charge in [-0.05, 0) is 35.6 Å². The molecular weight excluding hydrogens is 248 g/mol. The molecule has 2 heterocycles. The van der Waals surface area contributed by atoms with Crippen LogP contribution in [0.5, 0.6) is 0 Å². The Labute approximate surface area is 118 Å². The minimum Gasteiger partial charge on any atom is -0.237 e. The van der Waals surface area contributed by atoms with Crippen LogP contribution in [0.4, 0.5) is 0 Å². The SMILES string of the molecule is CC(C)C(C)c1ccc(-n2nnc3ccccc32)nc1. The highest BCUT2D eigenvalue weighted by atomic mass is 15.4. The first kappa shape index (κ1) is 12.8. The zero-order valence-corrected chi connectivity index (χ0v) is 12.0. The van der Waals surface area contributed by atoms with Crippen molar-refractivity contribution in [2.45, 2.75) is 26.7 Å². The van der Waals surface area contributed by atoms with Crippen molar-refractivity contribution in [1.29, 1.82) is 0 Å². The van der Waals surface area contributed by atoms with Crippen molar-refractivity contribution in [2.24, 2.45) is 5.92 Å². The van der Waals surface area contributed by atoms with Gasteiger partial charge in [-0.2, -0.15) is 4.68 Å². The van der Waals surface area contributed by atoms with E-state index >= 15 is 0 Å². The average Bonchev–Trinajstić information content (AvgIpc) is 2.90. The number of nitrogens with zero attached hydrogens (tertiary/aromatic N) is 4. The van der Waals surface area contributed by atoms with E-state index in [1.54, 1.807) is 4.68 Å². The highest BCUT2D eigenvalue weighted by Gasteiger charge is 2.11. The largest absolute Gasteiger partial charge is 0.237 e. The van der Waals surface area contributed by atoms with Gasteiger partial charge in [0.1, 0.15) is 5.52 Å². The summed E-state index contributed by atoms with van der Waals surface area (Å²) in [7, 11) is 0. The summed E-state index contributed by atoms with van der Waals surface area (Å²) < 4.78 is 1.78. The molecule has 1 atom stereocenters.